The Bertz CT molecular complexity index is 392. The fourth-order valence-corrected chi connectivity index (χ4v) is 1.07. The van der Waals surface area contributed by atoms with Crippen LogP contribution in [-0.4, -0.2) is 30.7 Å². The molecule has 0 saturated heterocycles. The molecule has 0 aliphatic rings. The third-order valence-electron chi connectivity index (χ3n) is 1.87. The van der Waals surface area contributed by atoms with Crippen molar-refractivity contribution in [2.75, 3.05) is 13.7 Å². The highest BCUT2D eigenvalue weighted by Gasteiger charge is 2.07. The van der Waals surface area contributed by atoms with Crippen LogP contribution >= 0.6 is 0 Å². The van der Waals surface area contributed by atoms with Crippen molar-refractivity contribution in [2.45, 2.75) is 0 Å². The van der Waals surface area contributed by atoms with E-state index < -0.39 is 11.8 Å². The topological polar surface area (TPSA) is 87.7 Å². The number of ether oxygens (including phenoxy) is 1. The molecule has 0 unspecified atom stereocenters. The van der Waals surface area contributed by atoms with E-state index >= 15 is 0 Å². The van der Waals surface area contributed by atoms with E-state index in [2.05, 4.69) is 5.32 Å². The van der Waals surface area contributed by atoms with E-state index in [1.54, 1.807) is 24.3 Å². The van der Waals surface area contributed by atoms with Crippen LogP contribution in [0.2, 0.25) is 0 Å². The quantitative estimate of drug-likeness (QED) is 0.493. The van der Waals surface area contributed by atoms with Gasteiger partial charge in [-0.3, -0.25) is 14.8 Å². The first kappa shape index (κ1) is 12.0. The molecule has 0 aliphatic heterocycles. The van der Waals surface area contributed by atoms with Crippen molar-refractivity contribution in [1.29, 1.82) is 0 Å². The first-order chi connectivity index (χ1) is 7.67. The van der Waals surface area contributed by atoms with Crippen LogP contribution in [0.5, 0.6) is 5.75 Å². The third-order valence-corrected chi connectivity index (χ3v) is 1.87. The van der Waals surface area contributed by atoms with Crippen LogP contribution in [0, 0.1) is 0 Å². The lowest BCUT2D eigenvalue weighted by Crippen LogP contribution is -2.35. The Balaban J connectivity index is 2.62. The lowest BCUT2D eigenvalue weighted by Gasteiger charge is -2.05. The molecule has 86 valence electrons. The minimum atomic E-state index is -0.684. The van der Waals surface area contributed by atoms with Crippen molar-refractivity contribution >= 4 is 11.8 Å². The summed E-state index contributed by atoms with van der Waals surface area (Å²) < 4.78 is 4.95. The molecule has 1 aromatic carbocycles. The molecule has 0 radical (unpaired) electrons. The van der Waals surface area contributed by atoms with Gasteiger partial charge in [0.1, 0.15) is 5.75 Å². The van der Waals surface area contributed by atoms with E-state index in [1.807, 2.05) is 0 Å². The van der Waals surface area contributed by atoms with E-state index in [0.29, 0.717) is 11.3 Å². The average molecular weight is 224 g/mol. The van der Waals surface area contributed by atoms with Crippen molar-refractivity contribution in [2.24, 2.45) is 0 Å². The van der Waals surface area contributed by atoms with Crippen LogP contribution < -0.4 is 15.5 Å². The van der Waals surface area contributed by atoms with Gasteiger partial charge in [-0.1, -0.05) is 6.07 Å². The zero-order valence-electron chi connectivity index (χ0n) is 8.69. The zero-order chi connectivity index (χ0) is 12.0. The van der Waals surface area contributed by atoms with Crippen LogP contribution in [0.3, 0.4) is 0 Å². The van der Waals surface area contributed by atoms with Gasteiger partial charge < -0.3 is 10.1 Å². The summed E-state index contributed by atoms with van der Waals surface area (Å²) in [7, 11) is 1.50. The van der Waals surface area contributed by atoms with Gasteiger partial charge in [-0.25, -0.2) is 5.48 Å². The van der Waals surface area contributed by atoms with Gasteiger partial charge >= 0.3 is 0 Å². The Morgan fingerprint density at radius 1 is 1.44 bits per heavy atom. The third kappa shape index (κ3) is 3.25. The van der Waals surface area contributed by atoms with Crippen LogP contribution in [0.25, 0.3) is 0 Å². The number of carbonyl (C=O) groups is 2. The molecule has 1 aromatic rings. The zero-order valence-corrected chi connectivity index (χ0v) is 8.69. The van der Waals surface area contributed by atoms with Gasteiger partial charge in [-0.2, -0.15) is 0 Å². The molecule has 0 saturated carbocycles. The number of benzene rings is 1. The van der Waals surface area contributed by atoms with Gasteiger partial charge in [0.25, 0.3) is 11.8 Å². The number of methoxy groups -OCH3 is 1. The van der Waals surface area contributed by atoms with E-state index in [1.165, 1.54) is 12.6 Å². The molecule has 0 heterocycles. The van der Waals surface area contributed by atoms with E-state index in [4.69, 9.17) is 9.94 Å². The van der Waals surface area contributed by atoms with E-state index in [9.17, 15) is 9.59 Å². The smallest absolute Gasteiger partial charge is 0.262 e. The number of hydrogen-bond acceptors (Lipinski definition) is 4. The number of hydroxylamine groups is 1. The van der Waals surface area contributed by atoms with Gasteiger partial charge in [-0.05, 0) is 18.2 Å². The molecule has 0 aromatic heterocycles. The number of amides is 2. The maximum atomic E-state index is 11.5. The minimum absolute atomic E-state index is 0.285. The number of carbonyl (C=O) groups excluding carboxylic acids is 2. The maximum absolute atomic E-state index is 11.5. The van der Waals surface area contributed by atoms with Crippen LogP contribution in [-0.2, 0) is 4.79 Å². The van der Waals surface area contributed by atoms with Crippen LogP contribution in [0.1, 0.15) is 10.4 Å². The van der Waals surface area contributed by atoms with Gasteiger partial charge in [0.05, 0.1) is 13.7 Å². The molecule has 0 aliphatic carbocycles. The summed E-state index contributed by atoms with van der Waals surface area (Å²) in [5.74, 6) is -0.544. The Labute approximate surface area is 92.2 Å². The second-order valence-corrected chi connectivity index (χ2v) is 2.95. The molecule has 0 bridgehead atoms. The molecular formula is C10H12N2O4. The Hall–Kier alpha value is -2.08. The normalized spacial score (nSPS) is 9.38. The molecule has 0 spiro atoms. The van der Waals surface area contributed by atoms with Gasteiger partial charge in [0.2, 0.25) is 0 Å². The fourth-order valence-electron chi connectivity index (χ4n) is 1.07. The monoisotopic (exact) mass is 224 g/mol. The Morgan fingerprint density at radius 3 is 2.81 bits per heavy atom. The first-order valence-corrected chi connectivity index (χ1v) is 4.52. The van der Waals surface area contributed by atoms with Crippen LogP contribution in [0.4, 0.5) is 0 Å². The summed E-state index contributed by atoms with van der Waals surface area (Å²) in [6.45, 7) is -0.285. The predicted octanol–water partition coefficient (Wildman–Crippen LogP) is -0.0696. The average Bonchev–Trinajstić information content (AvgIpc) is 2.35. The van der Waals surface area contributed by atoms with Crippen molar-refractivity contribution < 1.29 is 19.5 Å². The summed E-state index contributed by atoms with van der Waals surface area (Å²) in [5.41, 5.74) is 1.80. The molecule has 16 heavy (non-hydrogen) atoms. The van der Waals surface area contributed by atoms with Gasteiger partial charge in [0.15, 0.2) is 0 Å². The predicted molar refractivity (Wildman–Crippen MR) is 55.3 cm³/mol. The molecule has 6 heteroatoms. The second kappa shape index (κ2) is 5.72. The highest BCUT2D eigenvalue weighted by Crippen LogP contribution is 2.11. The van der Waals surface area contributed by atoms with Crippen molar-refractivity contribution in [3.05, 3.63) is 29.8 Å². The Kier molecular flexibility index (Phi) is 4.28. The maximum Gasteiger partial charge on any atom is 0.262 e. The molecule has 1 rings (SSSR count). The molecule has 3 N–H and O–H groups in total. The number of hydrogen-bond donors (Lipinski definition) is 3. The summed E-state index contributed by atoms with van der Waals surface area (Å²) in [4.78, 5) is 22.2. The highest BCUT2D eigenvalue weighted by molar-refractivity contribution is 5.96. The number of nitrogens with one attached hydrogen (secondary N) is 2. The SMILES string of the molecule is COc1cccc(C(=O)NCC(=O)NO)c1. The lowest BCUT2D eigenvalue weighted by atomic mass is 10.2. The Morgan fingerprint density at radius 2 is 2.19 bits per heavy atom. The fraction of sp³-hybridized carbons (Fsp3) is 0.200. The molecule has 2 amide bonds. The molecule has 0 atom stereocenters. The number of rotatable bonds is 4. The first-order valence-electron chi connectivity index (χ1n) is 4.52. The second-order valence-electron chi connectivity index (χ2n) is 2.95. The summed E-state index contributed by atoms with van der Waals surface area (Å²) in [6.07, 6.45) is 0. The molecule has 0 fully saturated rings. The highest BCUT2D eigenvalue weighted by atomic mass is 16.5. The largest absolute Gasteiger partial charge is 0.497 e. The van der Waals surface area contributed by atoms with E-state index in [-0.39, 0.29) is 6.54 Å². The van der Waals surface area contributed by atoms with Gasteiger partial charge in [-0.15, -0.1) is 0 Å². The molecular weight excluding hydrogens is 212 g/mol. The van der Waals surface area contributed by atoms with Crippen LogP contribution in [0.15, 0.2) is 24.3 Å². The standard InChI is InChI=1S/C10H12N2O4/c1-16-8-4-2-3-7(5-8)10(14)11-6-9(13)12-15/h2-5,15H,6H2,1H3,(H,11,14)(H,12,13). The summed E-state index contributed by atoms with van der Waals surface area (Å²) in [6, 6.07) is 6.51. The molecule has 6 nitrogen and oxygen atoms in total. The van der Waals surface area contributed by atoms with Crippen molar-refractivity contribution in [1.82, 2.24) is 10.8 Å². The van der Waals surface area contributed by atoms with E-state index in [0.717, 1.165) is 0 Å². The van der Waals surface area contributed by atoms with Gasteiger partial charge in [0, 0.05) is 5.56 Å². The van der Waals surface area contributed by atoms with Crippen molar-refractivity contribution in [3.8, 4) is 5.75 Å². The van der Waals surface area contributed by atoms with Crippen molar-refractivity contribution in [3.63, 3.8) is 0 Å². The summed E-state index contributed by atoms with van der Waals surface area (Å²) >= 11 is 0. The summed E-state index contributed by atoms with van der Waals surface area (Å²) in [5, 5.41) is 10.6. The lowest BCUT2D eigenvalue weighted by molar-refractivity contribution is -0.128. The minimum Gasteiger partial charge on any atom is -0.497 e.